The van der Waals surface area contributed by atoms with Crippen molar-refractivity contribution in [2.75, 3.05) is 0 Å². The third kappa shape index (κ3) is 5.72. The van der Waals surface area contributed by atoms with Crippen molar-refractivity contribution in [3.05, 3.63) is 191 Å². The zero-order chi connectivity index (χ0) is 33.1. The van der Waals surface area contributed by atoms with Crippen molar-refractivity contribution >= 4 is 17.0 Å². The molecule has 1 aliphatic rings. The average molecular weight is 617 g/mol. The van der Waals surface area contributed by atoms with Crippen LogP contribution in [-0.4, -0.2) is 6.21 Å². The SMILES string of the molecule is CC1(C)c2cc(C#N)ccc2-c2c(-c3ccc(-c4ccc(Cc5ccccc5)c5ccccc45)cc3)cccc21.N=Cc1ccccc1. The minimum absolute atomic E-state index is 0.145. The second kappa shape index (κ2) is 13.0. The number of nitrogens with zero attached hydrogens (tertiary/aromatic N) is 1. The van der Waals surface area contributed by atoms with E-state index in [0.29, 0.717) is 5.56 Å². The van der Waals surface area contributed by atoms with Crippen molar-refractivity contribution < 1.29 is 0 Å². The molecule has 7 aromatic rings. The molecule has 2 heteroatoms. The Morgan fingerprint density at radius 1 is 0.583 bits per heavy atom. The summed E-state index contributed by atoms with van der Waals surface area (Å²) in [6.07, 6.45) is 2.26. The van der Waals surface area contributed by atoms with Gasteiger partial charge in [0.25, 0.3) is 0 Å². The number of fused-ring (bicyclic) bond motifs is 4. The first-order chi connectivity index (χ1) is 23.5. The molecule has 0 radical (unpaired) electrons. The van der Waals surface area contributed by atoms with Gasteiger partial charge in [-0.05, 0) is 90.5 Å². The zero-order valence-corrected chi connectivity index (χ0v) is 27.2. The molecule has 0 aromatic heterocycles. The Labute approximate surface area is 283 Å². The predicted octanol–water partition coefficient (Wildman–Crippen LogP) is 11.6. The number of hydrogen-bond acceptors (Lipinski definition) is 2. The van der Waals surface area contributed by atoms with Crippen LogP contribution in [0.4, 0.5) is 0 Å². The molecule has 7 aromatic carbocycles. The molecule has 0 bridgehead atoms. The third-order valence-electron chi connectivity index (χ3n) is 9.55. The fraction of sp³-hybridized carbons (Fsp3) is 0.0870. The van der Waals surface area contributed by atoms with E-state index in [4.69, 9.17) is 5.41 Å². The van der Waals surface area contributed by atoms with Gasteiger partial charge in [0.15, 0.2) is 0 Å². The van der Waals surface area contributed by atoms with E-state index in [2.05, 4.69) is 141 Å². The molecule has 1 aliphatic carbocycles. The van der Waals surface area contributed by atoms with E-state index in [0.717, 1.165) is 12.0 Å². The van der Waals surface area contributed by atoms with Gasteiger partial charge >= 0.3 is 0 Å². The summed E-state index contributed by atoms with van der Waals surface area (Å²) in [4.78, 5) is 0. The van der Waals surface area contributed by atoms with Gasteiger partial charge in [0.1, 0.15) is 0 Å². The molecule has 0 amide bonds. The summed E-state index contributed by atoms with van der Waals surface area (Å²) >= 11 is 0. The molecular formula is C46H36N2. The molecule has 230 valence electrons. The van der Waals surface area contributed by atoms with Crippen LogP contribution >= 0.6 is 0 Å². The lowest BCUT2D eigenvalue weighted by Gasteiger charge is -2.21. The summed E-state index contributed by atoms with van der Waals surface area (Å²) in [6.45, 7) is 4.52. The highest BCUT2D eigenvalue weighted by Gasteiger charge is 2.37. The average Bonchev–Trinajstić information content (AvgIpc) is 3.38. The van der Waals surface area contributed by atoms with Crippen LogP contribution in [0.5, 0.6) is 0 Å². The molecule has 0 heterocycles. The Morgan fingerprint density at radius 3 is 1.88 bits per heavy atom. The van der Waals surface area contributed by atoms with E-state index in [1.54, 1.807) is 0 Å². The molecule has 0 spiro atoms. The topological polar surface area (TPSA) is 47.6 Å². The maximum atomic E-state index is 9.51. The highest BCUT2D eigenvalue weighted by Crippen LogP contribution is 2.52. The van der Waals surface area contributed by atoms with Crippen molar-refractivity contribution in [3.8, 4) is 39.4 Å². The normalized spacial score (nSPS) is 12.3. The van der Waals surface area contributed by atoms with E-state index in [-0.39, 0.29) is 5.41 Å². The smallest absolute Gasteiger partial charge is 0.0991 e. The molecule has 48 heavy (non-hydrogen) atoms. The lowest BCUT2D eigenvalue weighted by Crippen LogP contribution is -2.15. The van der Waals surface area contributed by atoms with E-state index in [1.165, 1.54) is 72.6 Å². The van der Waals surface area contributed by atoms with Crippen LogP contribution in [0.15, 0.2) is 158 Å². The molecule has 0 fully saturated rings. The number of nitrogens with one attached hydrogen (secondary N) is 1. The highest BCUT2D eigenvalue weighted by molar-refractivity contribution is 5.99. The van der Waals surface area contributed by atoms with Crippen LogP contribution in [0.1, 0.15) is 47.2 Å². The fourth-order valence-electron chi connectivity index (χ4n) is 7.06. The van der Waals surface area contributed by atoms with E-state index >= 15 is 0 Å². The molecule has 2 nitrogen and oxygen atoms in total. The Bertz CT molecular complexity index is 2290. The number of hydrogen-bond donors (Lipinski definition) is 1. The van der Waals surface area contributed by atoms with Gasteiger partial charge in [0.05, 0.1) is 11.6 Å². The highest BCUT2D eigenvalue weighted by atomic mass is 14.4. The van der Waals surface area contributed by atoms with Crippen LogP contribution in [0.3, 0.4) is 0 Å². The molecule has 0 aliphatic heterocycles. The summed E-state index contributed by atoms with van der Waals surface area (Å²) in [5.41, 5.74) is 14.2. The summed E-state index contributed by atoms with van der Waals surface area (Å²) in [5.74, 6) is 0. The van der Waals surface area contributed by atoms with Gasteiger partial charge in [0.2, 0.25) is 0 Å². The van der Waals surface area contributed by atoms with Gasteiger partial charge in [-0.2, -0.15) is 5.26 Å². The lowest BCUT2D eigenvalue weighted by molar-refractivity contribution is 0.660. The Morgan fingerprint density at radius 2 is 1.21 bits per heavy atom. The van der Waals surface area contributed by atoms with E-state index in [9.17, 15) is 5.26 Å². The van der Waals surface area contributed by atoms with Gasteiger partial charge in [0, 0.05) is 11.6 Å². The molecule has 1 N–H and O–H groups in total. The molecule has 0 saturated heterocycles. The van der Waals surface area contributed by atoms with Crippen molar-refractivity contribution in [1.82, 2.24) is 0 Å². The summed E-state index contributed by atoms with van der Waals surface area (Å²) in [5, 5.41) is 18.9. The van der Waals surface area contributed by atoms with Gasteiger partial charge in [-0.1, -0.05) is 159 Å². The Balaban J connectivity index is 0.000000402. The van der Waals surface area contributed by atoms with Crippen molar-refractivity contribution in [1.29, 1.82) is 10.7 Å². The molecular weight excluding hydrogens is 581 g/mol. The van der Waals surface area contributed by atoms with Crippen molar-refractivity contribution in [2.24, 2.45) is 0 Å². The molecule has 0 saturated carbocycles. The summed E-state index contributed by atoms with van der Waals surface area (Å²) in [7, 11) is 0. The van der Waals surface area contributed by atoms with Gasteiger partial charge in [-0.3, -0.25) is 0 Å². The largest absolute Gasteiger partial charge is 0.308 e. The van der Waals surface area contributed by atoms with Crippen LogP contribution < -0.4 is 0 Å². The lowest BCUT2D eigenvalue weighted by atomic mass is 9.81. The minimum Gasteiger partial charge on any atom is -0.308 e. The van der Waals surface area contributed by atoms with Crippen LogP contribution in [0.25, 0.3) is 44.2 Å². The second-order valence-electron chi connectivity index (χ2n) is 12.8. The van der Waals surface area contributed by atoms with Crippen molar-refractivity contribution in [2.45, 2.75) is 25.7 Å². The molecule has 0 unspecified atom stereocenters. The number of nitriles is 1. The first kappa shape index (κ1) is 30.6. The second-order valence-corrected chi connectivity index (χ2v) is 12.8. The predicted molar refractivity (Wildman–Crippen MR) is 201 cm³/mol. The monoisotopic (exact) mass is 616 g/mol. The summed E-state index contributed by atoms with van der Waals surface area (Å²) < 4.78 is 0. The number of rotatable bonds is 5. The number of benzene rings is 7. The Kier molecular flexibility index (Phi) is 8.28. The van der Waals surface area contributed by atoms with Gasteiger partial charge in [-0.25, -0.2) is 0 Å². The van der Waals surface area contributed by atoms with E-state index in [1.807, 2.05) is 36.4 Å². The van der Waals surface area contributed by atoms with Crippen LogP contribution in [0.2, 0.25) is 0 Å². The van der Waals surface area contributed by atoms with Gasteiger partial charge < -0.3 is 5.41 Å². The third-order valence-corrected chi connectivity index (χ3v) is 9.55. The van der Waals surface area contributed by atoms with E-state index < -0.39 is 0 Å². The molecule has 0 atom stereocenters. The van der Waals surface area contributed by atoms with Crippen molar-refractivity contribution in [3.63, 3.8) is 0 Å². The first-order valence-electron chi connectivity index (χ1n) is 16.4. The standard InChI is InChI=1S/C39H29N.C7H7N/c1-39(2)36-14-8-13-33(38(36)35-21-15-27(25-40)24-37(35)39)29-18-16-28(17-19-29)32-22-20-30(23-26-9-4-3-5-10-26)31-11-6-7-12-34(31)32;8-6-7-4-2-1-3-5-7/h3-22,24H,23H2,1-2H3;1-6,8H. The quantitative estimate of drug-likeness (QED) is 0.192. The summed E-state index contributed by atoms with van der Waals surface area (Å²) in [6, 6.07) is 57.7. The minimum atomic E-state index is -0.145. The Hall–Kier alpha value is -6.04. The molecule has 8 rings (SSSR count). The maximum absolute atomic E-state index is 9.51. The van der Waals surface area contributed by atoms with Gasteiger partial charge in [-0.15, -0.1) is 0 Å². The zero-order valence-electron chi connectivity index (χ0n) is 27.2. The maximum Gasteiger partial charge on any atom is 0.0991 e. The fourth-order valence-corrected chi connectivity index (χ4v) is 7.06. The van der Waals surface area contributed by atoms with Crippen LogP contribution in [-0.2, 0) is 11.8 Å². The van der Waals surface area contributed by atoms with Crippen LogP contribution in [0, 0.1) is 16.7 Å². The first-order valence-corrected chi connectivity index (χ1v) is 16.4.